The highest BCUT2D eigenvalue weighted by molar-refractivity contribution is 6.30. The molecule has 1 heterocycles. The van der Waals surface area contributed by atoms with Crippen LogP contribution in [0, 0.1) is 5.82 Å². The fraction of sp³-hybridized carbons (Fsp3) is 0.348. The number of hydrogen-bond acceptors (Lipinski definition) is 3. The van der Waals surface area contributed by atoms with Gasteiger partial charge in [0.15, 0.2) is 0 Å². The summed E-state index contributed by atoms with van der Waals surface area (Å²) in [4.78, 5) is 38.7. The van der Waals surface area contributed by atoms with E-state index in [2.05, 4.69) is 10.6 Å². The second-order valence-corrected chi connectivity index (χ2v) is 8.11. The molecule has 1 fully saturated rings. The van der Waals surface area contributed by atoms with Crippen molar-refractivity contribution in [2.45, 2.75) is 38.3 Å². The van der Waals surface area contributed by atoms with E-state index >= 15 is 0 Å². The minimum absolute atomic E-state index is 0.0660. The number of nitrogens with one attached hydrogen (secondary N) is 2. The first kappa shape index (κ1) is 22.7. The lowest BCUT2D eigenvalue weighted by Crippen LogP contribution is -2.53. The van der Waals surface area contributed by atoms with Crippen LogP contribution in [0.15, 0.2) is 48.5 Å². The standard InChI is InChI=1S/C23H25ClFN3O3/c1-15(29)26-21(14-16-3-2-4-19(25)13-16)22(30)27-20-9-11-28(12-10-20)23(31)17-5-7-18(24)8-6-17/h2-8,13,20-21H,9-12,14H2,1H3,(H,26,29)(H,27,30). The molecule has 2 aromatic carbocycles. The van der Waals surface area contributed by atoms with Crippen LogP contribution in [0.5, 0.6) is 0 Å². The van der Waals surface area contributed by atoms with Gasteiger partial charge in [0.25, 0.3) is 5.91 Å². The van der Waals surface area contributed by atoms with Crippen LogP contribution in [0.25, 0.3) is 0 Å². The lowest BCUT2D eigenvalue weighted by Gasteiger charge is -2.33. The van der Waals surface area contributed by atoms with Gasteiger partial charge in [-0.05, 0) is 54.8 Å². The molecule has 0 spiro atoms. The SMILES string of the molecule is CC(=O)NC(Cc1cccc(F)c1)C(=O)NC1CCN(C(=O)c2ccc(Cl)cc2)CC1. The summed E-state index contributed by atoms with van der Waals surface area (Å²) in [6.07, 6.45) is 1.41. The van der Waals surface area contributed by atoms with Crippen LogP contribution < -0.4 is 10.6 Å². The van der Waals surface area contributed by atoms with Crippen LogP contribution in [0.2, 0.25) is 5.02 Å². The van der Waals surface area contributed by atoms with Crippen LogP contribution in [0.4, 0.5) is 4.39 Å². The molecule has 8 heteroatoms. The van der Waals surface area contributed by atoms with Gasteiger partial charge in [-0.1, -0.05) is 23.7 Å². The number of nitrogens with zero attached hydrogens (tertiary/aromatic N) is 1. The Morgan fingerprint density at radius 3 is 2.42 bits per heavy atom. The lowest BCUT2D eigenvalue weighted by atomic mass is 10.0. The molecule has 3 amide bonds. The Labute approximate surface area is 185 Å². The van der Waals surface area contributed by atoms with Gasteiger partial charge >= 0.3 is 0 Å². The monoisotopic (exact) mass is 445 g/mol. The van der Waals surface area contributed by atoms with E-state index in [-0.39, 0.29) is 30.2 Å². The van der Waals surface area contributed by atoms with Crippen LogP contribution in [-0.2, 0) is 16.0 Å². The number of carbonyl (C=O) groups is 3. The maximum atomic E-state index is 13.5. The molecule has 164 valence electrons. The molecule has 1 unspecified atom stereocenters. The zero-order chi connectivity index (χ0) is 22.4. The van der Waals surface area contributed by atoms with Gasteiger partial charge in [0.1, 0.15) is 11.9 Å². The van der Waals surface area contributed by atoms with Crippen molar-refractivity contribution in [3.8, 4) is 0 Å². The molecule has 0 radical (unpaired) electrons. The van der Waals surface area contributed by atoms with Crippen molar-refractivity contribution >= 4 is 29.3 Å². The average Bonchev–Trinajstić information content (AvgIpc) is 2.73. The minimum Gasteiger partial charge on any atom is -0.351 e. The highest BCUT2D eigenvalue weighted by atomic mass is 35.5. The second-order valence-electron chi connectivity index (χ2n) is 7.67. The second kappa shape index (κ2) is 10.4. The highest BCUT2D eigenvalue weighted by Gasteiger charge is 2.27. The molecular weight excluding hydrogens is 421 g/mol. The highest BCUT2D eigenvalue weighted by Crippen LogP contribution is 2.16. The number of likely N-dealkylation sites (tertiary alicyclic amines) is 1. The van der Waals surface area contributed by atoms with Crippen molar-refractivity contribution in [3.63, 3.8) is 0 Å². The Bertz CT molecular complexity index is 943. The number of amides is 3. The summed E-state index contributed by atoms with van der Waals surface area (Å²) in [5.41, 5.74) is 1.20. The largest absolute Gasteiger partial charge is 0.351 e. The van der Waals surface area contributed by atoms with Crippen molar-refractivity contribution < 1.29 is 18.8 Å². The molecule has 0 bridgehead atoms. The lowest BCUT2D eigenvalue weighted by molar-refractivity contribution is -0.128. The van der Waals surface area contributed by atoms with E-state index in [0.717, 1.165) is 0 Å². The third-order valence-electron chi connectivity index (χ3n) is 5.24. The van der Waals surface area contributed by atoms with Crippen molar-refractivity contribution in [2.24, 2.45) is 0 Å². The van der Waals surface area contributed by atoms with Gasteiger partial charge in [-0.2, -0.15) is 0 Å². The molecule has 3 rings (SSSR count). The predicted octanol–water partition coefficient (Wildman–Crippen LogP) is 2.95. The summed E-state index contributed by atoms with van der Waals surface area (Å²) in [6, 6.07) is 11.8. The molecule has 0 saturated carbocycles. The van der Waals surface area contributed by atoms with Crippen LogP contribution >= 0.6 is 11.6 Å². The molecule has 6 nitrogen and oxygen atoms in total. The fourth-order valence-corrected chi connectivity index (χ4v) is 3.78. The Kier molecular flexibility index (Phi) is 7.63. The first-order chi connectivity index (χ1) is 14.8. The number of carbonyl (C=O) groups excluding carboxylic acids is 3. The summed E-state index contributed by atoms with van der Waals surface area (Å²) in [7, 11) is 0. The van der Waals surface area contributed by atoms with Gasteiger partial charge in [0.2, 0.25) is 11.8 Å². The summed E-state index contributed by atoms with van der Waals surface area (Å²) in [5, 5.41) is 6.18. The van der Waals surface area contributed by atoms with E-state index in [1.165, 1.54) is 19.1 Å². The Morgan fingerprint density at radius 2 is 1.81 bits per heavy atom. The van der Waals surface area contributed by atoms with Gasteiger partial charge in [0, 0.05) is 43.1 Å². The van der Waals surface area contributed by atoms with Crippen LogP contribution in [0.1, 0.15) is 35.7 Å². The predicted molar refractivity (Wildman–Crippen MR) is 116 cm³/mol. The number of hydrogen-bond donors (Lipinski definition) is 2. The van der Waals surface area contributed by atoms with E-state index < -0.39 is 11.9 Å². The number of halogens is 2. The van der Waals surface area contributed by atoms with Crippen molar-refractivity contribution in [2.75, 3.05) is 13.1 Å². The normalized spacial score (nSPS) is 15.3. The number of rotatable bonds is 6. The number of benzene rings is 2. The molecule has 2 aromatic rings. The third-order valence-corrected chi connectivity index (χ3v) is 5.49. The Morgan fingerprint density at radius 1 is 1.13 bits per heavy atom. The van der Waals surface area contributed by atoms with Gasteiger partial charge in [-0.25, -0.2) is 4.39 Å². The van der Waals surface area contributed by atoms with Crippen molar-refractivity contribution in [3.05, 3.63) is 70.5 Å². The summed E-state index contributed by atoms with van der Waals surface area (Å²) in [5.74, 6) is -1.11. The maximum absolute atomic E-state index is 13.5. The fourth-order valence-electron chi connectivity index (χ4n) is 3.66. The van der Waals surface area contributed by atoms with E-state index in [0.29, 0.717) is 42.1 Å². The molecule has 1 aliphatic heterocycles. The van der Waals surface area contributed by atoms with Crippen molar-refractivity contribution in [1.82, 2.24) is 15.5 Å². The Hall–Kier alpha value is -2.93. The van der Waals surface area contributed by atoms with Crippen LogP contribution in [0.3, 0.4) is 0 Å². The maximum Gasteiger partial charge on any atom is 0.253 e. The molecule has 0 aliphatic carbocycles. The quantitative estimate of drug-likeness (QED) is 0.717. The van der Waals surface area contributed by atoms with E-state index in [1.54, 1.807) is 41.3 Å². The minimum atomic E-state index is -0.798. The Balaban J connectivity index is 1.55. The molecular formula is C23H25ClFN3O3. The topological polar surface area (TPSA) is 78.5 Å². The number of piperidine rings is 1. The molecule has 2 N–H and O–H groups in total. The van der Waals surface area contributed by atoms with E-state index in [4.69, 9.17) is 11.6 Å². The summed E-state index contributed by atoms with van der Waals surface area (Å²) in [6.45, 7) is 2.37. The smallest absolute Gasteiger partial charge is 0.253 e. The zero-order valence-electron chi connectivity index (χ0n) is 17.2. The van der Waals surface area contributed by atoms with Gasteiger partial charge < -0.3 is 15.5 Å². The molecule has 0 aromatic heterocycles. The van der Waals surface area contributed by atoms with Gasteiger partial charge in [-0.3, -0.25) is 14.4 Å². The van der Waals surface area contributed by atoms with Gasteiger partial charge in [-0.15, -0.1) is 0 Å². The van der Waals surface area contributed by atoms with E-state index in [9.17, 15) is 18.8 Å². The summed E-state index contributed by atoms with van der Waals surface area (Å²) >= 11 is 5.88. The molecule has 1 atom stereocenters. The average molecular weight is 446 g/mol. The molecule has 31 heavy (non-hydrogen) atoms. The van der Waals surface area contributed by atoms with Crippen molar-refractivity contribution in [1.29, 1.82) is 0 Å². The van der Waals surface area contributed by atoms with Crippen LogP contribution in [-0.4, -0.2) is 47.8 Å². The molecule has 1 aliphatic rings. The first-order valence-electron chi connectivity index (χ1n) is 10.2. The van der Waals surface area contributed by atoms with E-state index in [1.807, 2.05) is 0 Å². The molecule has 1 saturated heterocycles. The first-order valence-corrected chi connectivity index (χ1v) is 10.6. The van der Waals surface area contributed by atoms with Gasteiger partial charge in [0.05, 0.1) is 0 Å². The summed E-state index contributed by atoms with van der Waals surface area (Å²) < 4.78 is 13.5. The zero-order valence-corrected chi connectivity index (χ0v) is 18.0. The third kappa shape index (κ3) is 6.52.